The molecule has 4 aromatic carbocycles. The molecule has 4 rings (SSSR count). The maximum Gasteiger partial charge on any atom is 0.251 e. The van der Waals surface area contributed by atoms with Crippen LogP contribution in [0.1, 0.15) is 48.2 Å². The van der Waals surface area contributed by atoms with E-state index >= 15 is 0 Å². The van der Waals surface area contributed by atoms with Gasteiger partial charge in [-0.05, 0) is 83.6 Å². The lowest BCUT2D eigenvalue weighted by atomic mass is 10.0. The number of benzene rings is 4. The molecule has 4 aromatic rings. The molecule has 0 aliphatic rings. The Bertz CT molecular complexity index is 1280. The number of nitrogens with one attached hydrogen (secondary N) is 1. The van der Waals surface area contributed by atoms with E-state index in [1.807, 2.05) is 97.1 Å². The van der Waals surface area contributed by atoms with Gasteiger partial charge in [0.2, 0.25) is 0 Å². The van der Waals surface area contributed by atoms with Crippen LogP contribution in [0.3, 0.4) is 0 Å². The number of hydrogen-bond donors (Lipinski definition) is 2. The minimum atomic E-state index is -0.118. The number of nitrogens with two attached hydrogens (primary N) is 1. The number of nitrogen functional groups attached to an aromatic ring is 1. The highest BCUT2D eigenvalue weighted by Gasteiger charge is 2.08. The molecular weight excluding hydrogens is 460 g/mol. The van der Waals surface area contributed by atoms with Crippen LogP contribution in [0.5, 0.6) is 11.5 Å². The average Bonchev–Trinajstić information content (AvgIpc) is 2.94. The lowest BCUT2D eigenvalue weighted by Crippen LogP contribution is -2.22. The number of ether oxygens (including phenoxy) is 2. The van der Waals surface area contributed by atoms with Crippen LogP contribution in [-0.4, -0.2) is 12.0 Å². The van der Waals surface area contributed by atoms with E-state index < -0.39 is 0 Å². The quantitative estimate of drug-likeness (QED) is 0.220. The zero-order valence-electron chi connectivity index (χ0n) is 21.4. The van der Waals surface area contributed by atoms with Crippen LogP contribution in [-0.2, 0) is 13.2 Å². The summed E-state index contributed by atoms with van der Waals surface area (Å²) in [6.45, 7) is 5.20. The first-order chi connectivity index (χ1) is 18.0. The molecule has 0 aliphatic heterocycles. The lowest BCUT2D eigenvalue weighted by Gasteiger charge is -2.15. The topological polar surface area (TPSA) is 73.6 Å². The predicted molar refractivity (Wildman–Crippen MR) is 150 cm³/mol. The zero-order valence-corrected chi connectivity index (χ0v) is 21.4. The predicted octanol–water partition coefficient (Wildman–Crippen LogP) is 7.01. The van der Waals surface area contributed by atoms with E-state index in [2.05, 4.69) is 19.2 Å². The number of anilines is 1. The molecule has 0 heterocycles. The summed E-state index contributed by atoms with van der Waals surface area (Å²) in [6.07, 6.45) is 2.26. The molecule has 0 saturated carbocycles. The molecule has 190 valence electrons. The van der Waals surface area contributed by atoms with Crippen LogP contribution in [0, 0.1) is 0 Å². The van der Waals surface area contributed by atoms with Gasteiger partial charge >= 0.3 is 0 Å². The summed E-state index contributed by atoms with van der Waals surface area (Å²) < 4.78 is 11.9. The average molecular weight is 495 g/mol. The highest BCUT2D eigenvalue weighted by molar-refractivity contribution is 5.94. The van der Waals surface area contributed by atoms with Gasteiger partial charge in [0.25, 0.3) is 5.91 Å². The van der Waals surface area contributed by atoms with Crippen molar-refractivity contribution in [3.63, 3.8) is 0 Å². The Hall–Kier alpha value is -4.25. The third-order valence-electron chi connectivity index (χ3n) is 6.28. The van der Waals surface area contributed by atoms with Gasteiger partial charge in [0.05, 0.1) is 6.10 Å². The molecule has 37 heavy (non-hydrogen) atoms. The molecule has 5 heteroatoms. The fraction of sp³-hybridized carbons (Fsp3) is 0.219. The summed E-state index contributed by atoms with van der Waals surface area (Å²) in [5, 5.41) is 2.94. The van der Waals surface area contributed by atoms with Crippen molar-refractivity contribution in [2.24, 2.45) is 0 Å². The SMILES string of the molecule is CCC(CC)Oc1ccc(COc2ccc(-c3ccc(C(=O)NCc4cccc(N)c4)cc3)cc2)cc1. The number of carbonyl (C=O) groups is 1. The largest absolute Gasteiger partial charge is 0.490 e. The van der Waals surface area contributed by atoms with Crippen molar-refractivity contribution >= 4 is 11.6 Å². The fourth-order valence-corrected chi connectivity index (χ4v) is 4.02. The van der Waals surface area contributed by atoms with Gasteiger partial charge in [-0.1, -0.05) is 62.4 Å². The highest BCUT2D eigenvalue weighted by atomic mass is 16.5. The molecule has 0 aliphatic carbocycles. The molecule has 0 atom stereocenters. The van der Waals surface area contributed by atoms with E-state index in [1.165, 1.54) is 0 Å². The molecule has 0 unspecified atom stereocenters. The molecule has 5 nitrogen and oxygen atoms in total. The highest BCUT2D eigenvalue weighted by Crippen LogP contribution is 2.24. The zero-order chi connectivity index (χ0) is 26.0. The normalized spacial score (nSPS) is 10.8. The maximum atomic E-state index is 12.5. The monoisotopic (exact) mass is 494 g/mol. The van der Waals surface area contributed by atoms with Crippen molar-refractivity contribution in [2.75, 3.05) is 5.73 Å². The number of carbonyl (C=O) groups excluding carboxylic acids is 1. The van der Waals surface area contributed by atoms with E-state index in [4.69, 9.17) is 15.2 Å². The molecule has 0 bridgehead atoms. The van der Waals surface area contributed by atoms with E-state index in [9.17, 15) is 4.79 Å². The van der Waals surface area contributed by atoms with Crippen molar-refractivity contribution in [3.05, 3.63) is 114 Å². The maximum absolute atomic E-state index is 12.5. The third-order valence-corrected chi connectivity index (χ3v) is 6.28. The van der Waals surface area contributed by atoms with E-state index in [1.54, 1.807) is 0 Å². The van der Waals surface area contributed by atoms with Gasteiger partial charge in [-0.3, -0.25) is 4.79 Å². The van der Waals surface area contributed by atoms with Gasteiger partial charge in [-0.2, -0.15) is 0 Å². The Balaban J connectivity index is 1.28. The molecule has 0 aromatic heterocycles. The van der Waals surface area contributed by atoms with Gasteiger partial charge < -0.3 is 20.5 Å². The second-order valence-corrected chi connectivity index (χ2v) is 9.02. The van der Waals surface area contributed by atoms with Crippen molar-refractivity contribution in [1.82, 2.24) is 5.32 Å². The van der Waals surface area contributed by atoms with Gasteiger partial charge in [0, 0.05) is 17.8 Å². The first-order valence-corrected chi connectivity index (χ1v) is 12.8. The molecule has 0 saturated heterocycles. The van der Waals surface area contributed by atoms with Gasteiger partial charge in [0.1, 0.15) is 18.1 Å². The number of rotatable bonds is 11. The molecule has 0 radical (unpaired) electrons. The van der Waals surface area contributed by atoms with Crippen LogP contribution in [0.4, 0.5) is 5.69 Å². The third kappa shape index (κ3) is 7.37. The van der Waals surface area contributed by atoms with Gasteiger partial charge in [0.15, 0.2) is 0 Å². The summed E-state index contributed by atoms with van der Waals surface area (Å²) in [4.78, 5) is 12.5. The second-order valence-electron chi connectivity index (χ2n) is 9.02. The van der Waals surface area contributed by atoms with Crippen molar-refractivity contribution in [2.45, 2.75) is 45.9 Å². The summed E-state index contributed by atoms with van der Waals surface area (Å²) in [5.41, 5.74) is 11.2. The second kappa shape index (κ2) is 12.6. The Morgan fingerprint density at radius 2 is 1.41 bits per heavy atom. The van der Waals surface area contributed by atoms with Crippen molar-refractivity contribution in [1.29, 1.82) is 0 Å². The lowest BCUT2D eigenvalue weighted by molar-refractivity contribution is 0.0951. The fourth-order valence-electron chi connectivity index (χ4n) is 4.02. The van der Waals surface area contributed by atoms with E-state index in [-0.39, 0.29) is 12.0 Å². The first kappa shape index (κ1) is 25.8. The summed E-state index contributed by atoms with van der Waals surface area (Å²) in [5.74, 6) is 1.58. The Kier molecular flexibility index (Phi) is 8.82. The Labute approximate surface area is 219 Å². The standard InChI is InChI=1S/C32H34N2O3/c1-3-29(4-2)37-31-16-8-23(9-17-31)22-36-30-18-14-26(15-19-30)25-10-12-27(13-11-25)32(35)34-21-24-6-5-7-28(33)20-24/h5-20,29H,3-4,21-22,33H2,1-2H3,(H,34,35). The van der Waals surface area contributed by atoms with Crippen molar-refractivity contribution in [3.8, 4) is 22.6 Å². The minimum Gasteiger partial charge on any atom is -0.490 e. The van der Waals surface area contributed by atoms with Gasteiger partial charge in [-0.15, -0.1) is 0 Å². The molecule has 0 fully saturated rings. The van der Waals surface area contributed by atoms with Crippen LogP contribution in [0.25, 0.3) is 11.1 Å². The molecule has 0 spiro atoms. The van der Waals surface area contributed by atoms with E-state index in [0.29, 0.717) is 24.4 Å². The number of hydrogen-bond acceptors (Lipinski definition) is 4. The minimum absolute atomic E-state index is 0.118. The summed E-state index contributed by atoms with van der Waals surface area (Å²) in [7, 11) is 0. The summed E-state index contributed by atoms with van der Waals surface area (Å²) >= 11 is 0. The number of amides is 1. The van der Waals surface area contributed by atoms with E-state index in [0.717, 1.165) is 46.6 Å². The smallest absolute Gasteiger partial charge is 0.251 e. The Morgan fingerprint density at radius 3 is 2.03 bits per heavy atom. The Morgan fingerprint density at radius 1 is 0.784 bits per heavy atom. The first-order valence-electron chi connectivity index (χ1n) is 12.8. The van der Waals surface area contributed by atoms with Crippen LogP contribution in [0.2, 0.25) is 0 Å². The van der Waals surface area contributed by atoms with Crippen molar-refractivity contribution < 1.29 is 14.3 Å². The van der Waals surface area contributed by atoms with Crippen LogP contribution < -0.4 is 20.5 Å². The molecule has 1 amide bonds. The van der Waals surface area contributed by atoms with Crippen LogP contribution >= 0.6 is 0 Å². The molecule has 3 N–H and O–H groups in total. The summed E-state index contributed by atoms with van der Waals surface area (Å²) in [6, 6.07) is 31.2. The van der Waals surface area contributed by atoms with Crippen LogP contribution in [0.15, 0.2) is 97.1 Å². The molecular formula is C32H34N2O3. The van der Waals surface area contributed by atoms with Gasteiger partial charge in [-0.25, -0.2) is 0 Å².